The van der Waals surface area contributed by atoms with Crippen molar-refractivity contribution >= 4 is 17.2 Å². The minimum atomic E-state index is -0.191. The molecule has 1 N–H and O–H groups in total. The first kappa shape index (κ1) is 19.9. The highest BCUT2D eigenvalue weighted by Crippen LogP contribution is 2.21. The van der Waals surface area contributed by atoms with Gasteiger partial charge in [-0.05, 0) is 59.5 Å². The Kier molecular flexibility index (Phi) is 6.24. The van der Waals surface area contributed by atoms with E-state index in [-0.39, 0.29) is 18.4 Å². The SMILES string of the molecule is Cc1cccnc1[C@H](Cc1ccsc1)NC(=O)CCc1nc(-c2ccncc2)no1. The van der Waals surface area contributed by atoms with Crippen LogP contribution in [-0.2, 0) is 17.6 Å². The fourth-order valence-corrected chi connectivity index (χ4v) is 3.87. The summed E-state index contributed by atoms with van der Waals surface area (Å²) in [5, 5.41) is 11.2. The Bertz CT molecular complexity index is 1100. The van der Waals surface area contributed by atoms with Gasteiger partial charge in [-0.3, -0.25) is 14.8 Å². The van der Waals surface area contributed by atoms with Gasteiger partial charge in [0.05, 0.1) is 11.7 Å². The van der Waals surface area contributed by atoms with Crippen LogP contribution in [0.15, 0.2) is 64.2 Å². The van der Waals surface area contributed by atoms with Crippen LogP contribution in [0.5, 0.6) is 0 Å². The first-order valence-corrected chi connectivity index (χ1v) is 10.6. The van der Waals surface area contributed by atoms with Crippen molar-refractivity contribution in [1.29, 1.82) is 0 Å². The van der Waals surface area contributed by atoms with Crippen molar-refractivity contribution in [3.05, 3.63) is 82.4 Å². The van der Waals surface area contributed by atoms with Crippen molar-refractivity contribution in [1.82, 2.24) is 25.4 Å². The predicted molar refractivity (Wildman–Crippen MR) is 114 cm³/mol. The molecule has 0 bridgehead atoms. The number of thiophene rings is 1. The van der Waals surface area contributed by atoms with E-state index in [1.807, 2.05) is 36.6 Å². The number of nitrogens with one attached hydrogen (secondary N) is 1. The predicted octanol–water partition coefficient (Wildman–Crippen LogP) is 3.93. The van der Waals surface area contributed by atoms with Crippen molar-refractivity contribution in [3.63, 3.8) is 0 Å². The quantitative estimate of drug-likeness (QED) is 0.465. The van der Waals surface area contributed by atoms with E-state index >= 15 is 0 Å². The molecule has 0 saturated heterocycles. The van der Waals surface area contributed by atoms with Crippen LogP contribution in [0.1, 0.15) is 35.2 Å². The van der Waals surface area contributed by atoms with Crippen molar-refractivity contribution < 1.29 is 9.32 Å². The number of nitrogens with zero attached hydrogens (tertiary/aromatic N) is 4. The van der Waals surface area contributed by atoms with Gasteiger partial charge in [0.15, 0.2) is 0 Å². The van der Waals surface area contributed by atoms with Crippen molar-refractivity contribution in [2.75, 3.05) is 0 Å². The maximum atomic E-state index is 12.7. The van der Waals surface area contributed by atoms with E-state index < -0.39 is 0 Å². The van der Waals surface area contributed by atoms with E-state index in [1.54, 1.807) is 29.9 Å². The molecule has 0 aliphatic carbocycles. The van der Waals surface area contributed by atoms with Crippen molar-refractivity contribution in [3.8, 4) is 11.4 Å². The molecule has 0 saturated carbocycles. The molecule has 4 rings (SSSR count). The lowest BCUT2D eigenvalue weighted by molar-refractivity contribution is -0.121. The Morgan fingerprint density at radius 2 is 2.07 bits per heavy atom. The minimum absolute atomic E-state index is 0.0797. The zero-order valence-corrected chi connectivity index (χ0v) is 17.3. The van der Waals surface area contributed by atoms with Crippen LogP contribution < -0.4 is 5.32 Å². The third kappa shape index (κ3) is 4.96. The molecule has 1 amide bonds. The van der Waals surface area contributed by atoms with Gasteiger partial charge in [0.25, 0.3) is 0 Å². The topological polar surface area (TPSA) is 93.8 Å². The highest BCUT2D eigenvalue weighted by molar-refractivity contribution is 7.07. The molecular formula is C22H21N5O2S. The lowest BCUT2D eigenvalue weighted by Crippen LogP contribution is -2.31. The molecule has 4 heterocycles. The molecule has 0 radical (unpaired) electrons. The summed E-state index contributed by atoms with van der Waals surface area (Å²) in [7, 11) is 0. The fourth-order valence-electron chi connectivity index (χ4n) is 3.18. The van der Waals surface area contributed by atoms with Crippen LogP contribution in [-0.4, -0.2) is 26.0 Å². The van der Waals surface area contributed by atoms with Crippen LogP contribution in [0.25, 0.3) is 11.4 Å². The second-order valence-electron chi connectivity index (χ2n) is 6.91. The summed E-state index contributed by atoms with van der Waals surface area (Å²) in [5.74, 6) is 0.844. The Labute approximate surface area is 178 Å². The first-order chi connectivity index (χ1) is 14.7. The Balaban J connectivity index is 1.40. The van der Waals surface area contributed by atoms with E-state index in [4.69, 9.17) is 4.52 Å². The third-order valence-electron chi connectivity index (χ3n) is 4.71. The van der Waals surface area contributed by atoms with Crippen LogP contribution in [0.2, 0.25) is 0 Å². The van der Waals surface area contributed by atoms with E-state index in [0.29, 0.717) is 24.6 Å². The maximum absolute atomic E-state index is 12.7. The van der Waals surface area contributed by atoms with Crippen LogP contribution in [0.3, 0.4) is 0 Å². The lowest BCUT2D eigenvalue weighted by Gasteiger charge is -2.19. The van der Waals surface area contributed by atoms with Crippen LogP contribution >= 0.6 is 11.3 Å². The molecular weight excluding hydrogens is 398 g/mol. The van der Waals surface area contributed by atoms with E-state index in [9.17, 15) is 4.79 Å². The highest BCUT2D eigenvalue weighted by atomic mass is 32.1. The molecule has 152 valence electrons. The number of pyridine rings is 2. The van der Waals surface area contributed by atoms with Gasteiger partial charge in [0.2, 0.25) is 17.6 Å². The number of hydrogen-bond acceptors (Lipinski definition) is 7. The molecule has 30 heavy (non-hydrogen) atoms. The summed E-state index contributed by atoms with van der Waals surface area (Å²) in [6.07, 6.45) is 6.42. The van der Waals surface area contributed by atoms with Gasteiger partial charge in [-0.2, -0.15) is 16.3 Å². The molecule has 0 aliphatic rings. The second-order valence-corrected chi connectivity index (χ2v) is 7.69. The Hall–Kier alpha value is -3.39. The molecule has 0 spiro atoms. The average molecular weight is 420 g/mol. The monoisotopic (exact) mass is 419 g/mol. The molecule has 4 aromatic rings. The average Bonchev–Trinajstić information content (AvgIpc) is 3.45. The van der Waals surface area contributed by atoms with E-state index in [2.05, 4.69) is 36.9 Å². The molecule has 0 fully saturated rings. The van der Waals surface area contributed by atoms with E-state index in [1.165, 1.54) is 5.56 Å². The molecule has 0 unspecified atom stereocenters. The van der Waals surface area contributed by atoms with Gasteiger partial charge < -0.3 is 9.84 Å². The van der Waals surface area contributed by atoms with Crippen LogP contribution in [0, 0.1) is 6.92 Å². The number of aromatic nitrogens is 4. The van der Waals surface area contributed by atoms with Gasteiger partial charge in [0, 0.05) is 37.0 Å². The number of aryl methyl sites for hydroxylation is 2. The second kappa shape index (κ2) is 9.41. The Morgan fingerprint density at radius 3 is 2.83 bits per heavy atom. The summed E-state index contributed by atoms with van der Waals surface area (Å²) in [6.45, 7) is 2.01. The van der Waals surface area contributed by atoms with Gasteiger partial charge >= 0.3 is 0 Å². The number of hydrogen-bond donors (Lipinski definition) is 1. The first-order valence-electron chi connectivity index (χ1n) is 9.64. The number of carbonyl (C=O) groups is 1. The minimum Gasteiger partial charge on any atom is -0.347 e. The van der Waals surface area contributed by atoms with E-state index in [0.717, 1.165) is 16.8 Å². The van der Waals surface area contributed by atoms with Gasteiger partial charge in [-0.15, -0.1) is 0 Å². The summed E-state index contributed by atoms with van der Waals surface area (Å²) >= 11 is 1.64. The number of rotatable bonds is 8. The molecule has 8 heteroatoms. The number of amides is 1. The summed E-state index contributed by atoms with van der Waals surface area (Å²) in [5.41, 5.74) is 3.94. The van der Waals surface area contributed by atoms with Gasteiger partial charge in [-0.1, -0.05) is 11.2 Å². The third-order valence-corrected chi connectivity index (χ3v) is 5.44. The van der Waals surface area contributed by atoms with Crippen molar-refractivity contribution in [2.45, 2.75) is 32.2 Å². The smallest absolute Gasteiger partial charge is 0.227 e. The molecule has 1 atom stereocenters. The fraction of sp³-hybridized carbons (Fsp3) is 0.227. The van der Waals surface area contributed by atoms with Crippen molar-refractivity contribution in [2.24, 2.45) is 0 Å². The summed E-state index contributed by atoms with van der Waals surface area (Å²) in [4.78, 5) is 25.5. The largest absolute Gasteiger partial charge is 0.347 e. The maximum Gasteiger partial charge on any atom is 0.227 e. The molecule has 0 aliphatic heterocycles. The number of carbonyl (C=O) groups excluding carboxylic acids is 1. The lowest BCUT2D eigenvalue weighted by atomic mass is 10.0. The molecule has 0 aromatic carbocycles. The standard InChI is InChI=1S/C22H21N5O2S/c1-15-3-2-9-24-21(15)18(13-16-8-12-30-14-16)25-19(28)4-5-20-26-22(27-29-20)17-6-10-23-11-7-17/h2-3,6-12,14,18H,4-5,13H2,1H3,(H,25,28)/t18-/m0/s1. The normalized spacial score (nSPS) is 11.9. The molecule has 7 nitrogen and oxygen atoms in total. The summed E-state index contributed by atoms with van der Waals surface area (Å²) in [6, 6.07) is 9.41. The van der Waals surface area contributed by atoms with Gasteiger partial charge in [-0.25, -0.2) is 0 Å². The zero-order chi connectivity index (χ0) is 20.8. The molecule has 4 aromatic heterocycles. The zero-order valence-electron chi connectivity index (χ0n) is 16.5. The summed E-state index contributed by atoms with van der Waals surface area (Å²) < 4.78 is 5.29. The van der Waals surface area contributed by atoms with Crippen LogP contribution in [0.4, 0.5) is 0 Å². The van der Waals surface area contributed by atoms with Gasteiger partial charge in [0.1, 0.15) is 0 Å². The Morgan fingerprint density at radius 1 is 1.20 bits per heavy atom. The highest BCUT2D eigenvalue weighted by Gasteiger charge is 2.19.